The summed E-state index contributed by atoms with van der Waals surface area (Å²) >= 11 is 5.19. The highest BCUT2D eigenvalue weighted by atomic mass is 32.2. The van der Waals surface area contributed by atoms with Gasteiger partial charge in [0.15, 0.2) is 5.11 Å². The molecule has 0 aliphatic carbocycles. The molecule has 0 aliphatic heterocycles. The minimum Gasteiger partial charge on any atom is -0.497 e. The van der Waals surface area contributed by atoms with E-state index in [1.807, 2.05) is 30.3 Å². The van der Waals surface area contributed by atoms with Crippen molar-refractivity contribution in [3.63, 3.8) is 0 Å². The molecule has 3 rings (SSSR count). The van der Waals surface area contributed by atoms with Gasteiger partial charge in [-0.3, -0.25) is 10.1 Å². The molecule has 0 spiro atoms. The zero-order chi connectivity index (χ0) is 22.8. The SMILES string of the molecule is COc1ccc(NS(=O)(=O)c2ccc(CC=NNC(=S)NCc3ccccc3)cc2)cc1. The Bertz CT molecular complexity index is 1150. The molecule has 7 nitrogen and oxygen atoms in total. The Hall–Kier alpha value is -3.43. The van der Waals surface area contributed by atoms with E-state index in [2.05, 4.69) is 20.6 Å². The van der Waals surface area contributed by atoms with E-state index in [1.165, 1.54) is 0 Å². The zero-order valence-electron chi connectivity index (χ0n) is 17.5. The molecule has 3 aromatic rings. The highest BCUT2D eigenvalue weighted by Gasteiger charge is 2.14. The van der Waals surface area contributed by atoms with Gasteiger partial charge in [0.1, 0.15) is 5.75 Å². The number of rotatable bonds is 9. The van der Waals surface area contributed by atoms with Crippen LogP contribution in [0.2, 0.25) is 0 Å². The first-order valence-electron chi connectivity index (χ1n) is 9.81. The fraction of sp³-hybridized carbons (Fsp3) is 0.130. The fourth-order valence-electron chi connectivity index (χ4n) is 2.75. The summed E-state index contributed by atoms with van der Waals surface area (Å²) < 4.78 is 32.8. The first kappa shape index (κ1) is 23.2. The molecule has 0 radical (unpaired) electrons. The molecule has 0 atom stereocenters. The second kappa shape index (κ2) is 11.3. The molecule has 32 heavy (non-hydrogen) atoms. The van der Waals surface area contributed by atoms with Crippen LogP contribution in [0.15, 0.2) is 88.9 Å². The number of hydrogen-bond acceptors (Lipinski definition) is 5. The van der Waals surface area contributed by atoms with Gasteiger partial charge in [-0.15, -0.1) is 0 Å². The van der Waals surface area contributed by atoms with E-state index in [0.717, 1.165) is 11.1 Å². The Labute approximate surface area is 193 Å². The van der Waals surface area contributed by atoms with Gasteiger partial charge in [0.05, 0.1) is 12.0 Å². The van der Waals surface area contributed by atoms with Crippen molar-refractivity contribution in [3.05, 3.63) is 90.0 Å². The molecule has 9 heteroatoms. The van der Waals surface area contributed by atoms with E-state index in [1.54, 1.807) is 61.9 Å². The molecule has 0 saturated heterocycles. The lowest BCUT2D eigenvalue weighted by atomic mass is 10.2. The van der Waals surface area contributed by atoms with Crippen LogP contribution in [-0.4, -0.2) is 26.9 Å². The second-order valence-corrected chi connectivity index (χ2v) is 8.86. The smallest absolute Gasteiger partial charge is 0.261 e. The fourth-order valence-corrected chi connectivity index (χ4v) is 3.93. The largest absolute Gasteiger partial charge is 0.497 e. The number of nitrogens with zero attached hydrogens (tertiary/aromatic N) is 1. The summed E-state index contributed by atoms with van der Waals surface area (Å²) in [5.74, 6) is 0.654. The molecule has 0 fully saturated rings. The molecule has 0 amide bonds. The molecule has 0 saturated carbocycles. The van der Waals surface area contributed by atoms with Crippen molar-refractivity contribution in [3.8, 4) is 5.75 Å². The van der Waals surface area contributed by atoms with Gasteiger partial charge in [0.25, 0.3) is 10.0 Å². The molecular formula is C23H24N4O3S2. The average Bonchev–Trinajstić information content (AvgIpc) is 2.82. The van der Waals surface area contributed by atoms with Crippen LogP contribution in [0.4, 0.5) is 5.69 Å². The Morgan fingerprint density at radius 2 is 1.66 bits per heavy atom. The van der Waals surface area contributed by atoms with Crippen LogP contribution in [0.3, 0.4) is 0 Å². The molecule has 0 aliphatic rings. The first-order chi connectivity index (χ1) is 15.5. The van der Waals surface area contributed by atoms with Gasteiger partial charge >= 0.3 is 0 Å². The third kappa shape index (κ3) is 7.07. The minimum atomic E-state index is -3.68. The molecule has 3 aromatic carbocycles. The van der Waals surface area contributed by atoms with Crippen molar-refractivity contribution >= 4 is 39.3 Å². The summed E-state index contributed by atoms with van der Waals surface area (Å²) in [6.45, 7) is 0.614. The van der Waals surface area contributed by atoms with Crippen molar-refractivity contribution in [2.24, 2.45) is 5.10 Å². The predicted octanol–water partition coefficient (Wildman–Crippen LogP) is 3.69. The number of hydrogen-bond donors (Lipinski definition) is 3. The highest BCUT2D eigenvalue weighted by Crippen LogP contribution is 2.19. The van der Waals surface area contributed by atoms with Gasteiger partial charge in [-0.2, -0.15) is 5.10 Å². The molecular weight excluding hydrogens is 444 g/mol. The number of thiocarbonyl (C=S) groups is 1. The van der Waals surface area contributed by atoms with Crippen molar-refractivity contribution in [2.45, 2.75) is 17.9 Å². The van der Waals surface area contributed by atoms with E-state index >= 15 is 0 Å². The van der Waals surface area contributed by atoms with Crippen molar-refractivity contribution in [2.75, 3.05) is 11.8 Å². The van der Waals surface area contributed by atoms with Crippen LogP contribution >= 0.6 is 12.2 Å². The quantitative estimate of drug-likeness (QED) is 0.252. The van der Waals surface area contributed by atoms with E-state index in [9.17, 15) is 8.42 Å². The highest BCUT2D eigenvalue weighted by molar-refractivity contribution is 7.92. The summed E-state index contributed by atoms with van der Waals surface area (Å²) in [6, 6.07) is 23.2. The molecule has 166 valence electrons. The van der Waals surface area contributed by atoms with Gasteiger partial charge in [-0.25, -0.2) is 8.42 Å². The monoisotopic (exact) mass is 468 g/mol. The second-order valence-electron chi connectivity index (χ2n) is 6.77. The molecule has 0 heterocycles. The van der Waals surface area contributed by atoms with E-state index in [4.69, 9.17) is 17.0 Å². The Kier molecular flexibility index (Phi) is 8.18. The molecule has 0 unspecified atom stereocenters. The number of nitrogens with one attached hydrogen (secondary N) is 3. The maximum atomic E-state index is 12.6. The maximum absolute atomic E-state index is 12.6. The predicted molar refractivity (Wildman–Crippen MR) is 131 cm³/mol. The molecule has 0 bridgehead atoms. The van der Waals surface area contributed by atoms with E-state index in [0.29, 0.717) is 29.5 Å². The minimum absolute atomic E-state index is 0.179. The standard InChI is InChI=1S/C23H24N4O3S2/c1-30-21-11-9-20(10-12-21)27-32(28,29)22-13-7-18(8-14-22)15-16-25-26-23(31)24-17-19-5-3-2-4-6-19/h2-14,16,27H,15,17H2,1H3,(H2,24,26,31). The van der Waals surface area contributed by atoms with Crippen molar-refractivity contribution < 1.29 is 13.2 Å². The zero-order valence-corrected chi connectivity index (χ0v) is 19.1. The average molecular weight is 469 g/mol. The summed E-state index contributed by atoms with van der Waals surface area (Å²) in [5.41, 5.74) is 5.27. The van der Waals surface area contributed by atoms with Gasteiger partial charge in [0.2, 0.25) is 0 Å². The number of hydrazone groups is 1. The lowest BCUT2D eigenvalue weighted by molar-refractivity contribution is 0.415. The normalized spacial score (nSPS) is 11.2. The molecule has 0 aromatic heterocycles. The van der Waals surface area contributed by atoms with Crippen molar-refractivity contribution in [1.82, 2.24) is 10.7 Å². The maximum Gasteiger partial charge on any atom is 0.261 e. The Morgan fingerprint density at radius 3 is 2.31 bits per heavy atom. The lowest BCUT2D eigenvalue weighted by Crippen LogP contribution is -2.31. The van der Waals surface area contributed by atoms with Crippen LogP contribution in [0, 0.1) is 0 Å². The van der Waals surface area contributed by atoms with Crippen LogP contribution in [0.25, 0.3) is 0 Å². The van der Waals surface area contributed by atoms with Crippen molar-refractivity contribution in [1.29, 1.82) is 0 Å². The van der Waals surface area contributed by atoms with Crippen LogP contribution < -0.4 is 20.2 Å². The van der Waals surface area contributed by atoms with Crippen LogP contribution in [0.1, 0.15) is 11.1 Å². The number of anilines is 1. The van der Waals surface area contributed by atoms with Gasteiger partial charge in [-0.1, -0.05) is 42.5 Å². The summed E-state index contributed by atoms with van der Waals surface area (Å²) in [7, 11) is -2.12. The van der Waals surface area contributed by atoms with Gasteiger partial charge in [-0.05, 0) is 59.7 Å². The lowest BCUT2D eigenvalue weighted by Gasteiger charge is -2.09. The first-order valence-corrected chi connectivity index (χ1v) is 11.7. The Morgan fingerprint density at radius 1 is 0.969 bits per heavy atom. The third-order valence-corrected chi connectivity index (χ3v) is 6.09. The summed E-state index contributed by atoms with van der Waals surface area (Å²) in [4.78, 5) is 0.179. The van der Waals surface area contributed by atoms with E-state index in [-0.39, 0.29) is 4.90 Å². The summed E-state index contributed by atoms with van der Waals surface area (Å²) in [6.07, 6.45) is 2.20. The Balaban J connectivity index is 1.47. The van der Waals surface area contributed by atoms with Crippen LogP contribution in [-0.2, 0) is 23.0 Å². The number of ether oxygens (including phenoxy) is 1. The number of sulfonamides is 1. The van der Waals surface area contributed by atoms with E-state index < -0.39 is 10.0 Å². The van der Waals surface area contributed by atoms with Crippen LogP contribution in [0.5, 0.6) is 5.75 Å². The topological polar surface area (TPSA) is 91.8 Å². The summed E-state index contributed by atoms with van der Waals surface area (Å²) in [5, 5.41) is 7.60. The van der Waals surface area contributed by atoms with Gasteiger partial charge in [0, 0.05) is 24.9 Å². The number of methoxy groups -OCH3 is 1. The molecule has 3 N–H and O–H groups in total. The third-order valence-electron chi connectivity index (χ3n) is 4.46. The number of benzene rings is 3. The van der Waals surface area contributed by atoms with Gasteiger partial charge < -0.3 is 10.1 Å².